The van der Waals surface area contributed by atoms with Gasteiger partial charge in [0.2, 0.25) is 5.91 Å². The second kappa shape index (κ2) is 8.59. The molecule has 152 valence electrons. The SMILES string of the molecule is CC(=O)Nc1nc(-c2ccc(CCCCN3C(=O)c4ccccc4C3=O)cc2)cs1. The van der Waals surface area contributed by atoms with E-state index in [0.717, 1.165) is 30.5 Å². The molecule has 1 N–H and O–H groups in total. The molecule has 1 aromatic heterocycles. The maximum Gasteiger partial charge on any atom is 0.261 e. The number of benzene rings is 2. The number of fused-ring (bicyclic) bond motifs is 1. The summed E-state index contributed by atoms with van der Waals surface area (Å²) in [5.74, 6) is -0.517. The summed E-state index contributed by atoms with van der Waals surface area (Å²) in [4.78, 5) is 41.7. The summed E-state index contributed by atoms with van der Waals surface area (Å²) in [5.41, 5.74) is 4.03. The van der Waals surface area contributed by atoms with Gasteiger partial charge in [0.25, 0.3) is 11.8 Å². The van der Waals surface area contributed by atoms with Gasteiger partial charge in [-0.15, -0.1) is 11.3 Å². The van der Waals surface area contributed by atoms with Gasteiger partial charge in [0, 0.05) is 24.4 Å². The van der Waals surface area contributed by atoms with Crippen LogP contribution in [0.25, 0.3) is 11.3 Å². The van der Waals surface area contributed by atoms with Crippen molar-refractivity contribution in [3.05, 3.63) is 70.6 Å². The number of carbonyl (C=O) groups excluding carboxylic acids is 3. The van der Waals surface area contributed by atoms with Crippen LogP contribution >= 0.6 is 11.3 Å². The third kappa shape index (κ3) is 4.16. The number of rotatable bonds is 7. The molecular weight excluding hydrogens is 398 g/mol. The highest BCUT2D eigenvalue weighted by atomic mass is 32.1. The summed E-state index contributed by atoms with van der Waals surface area (Å²) >= 11 is 1.40. The molecule has 0 aliphatic carbocycles. The van der Waals surface area contributed by atoms with E-state index in [-0.39, 0.29) is 17.7 Å². The molecule has 30 heavy (non-hydrogen) atoms. The number of nitrogens with one attached hydrogen (secondary N) is 1. The summed E-state index contributed by atoms with van der Waals surface area (Å²) in [6.45, 7) is 1.90. The van der Waals surface area contributed by atoms with Gasteiger partial charge < -0.3 is 5.32 Å². The molecule has 1 aliphatic heterocycles. The van der Waals surface area contributed by atoms with Gasteiger partial charge in [0.05, 0.1) is 16.8 Å². The average molecular weight is 420 g/mol. The first-order valence-corrected chi connectivity index (χ1v) is 10.7. The van der Waals surface area contributed by atoms with Crippen molar-refractivity contribution < 1.29 is 14.4 Å². The molecule has 0 fully saturated rings. The van der Waals surface area contributed by atoms with Crippen molar-refractivity contribution in [2.24, 2.45) is 0 Å². The number of nitrogens with zero attached hydrogens (tertiary/aromatic N) is 2. The Morgan fingerprint density at radius 2 is 1.67 bits per heavy atom. The van der Waals surface area contributed by atoms with E-state index in [1.807, 2.05) is 17.5 Å². The van der Waals surface area contributed by atoms with E-state index in [2.05, 4.69) is 22.4 Å². The number of hydrogen-bond acceptors (Lipinski definition) is 5. The molecule has 1 aliphatic rings. The summed E-state index contributed by atoms with van der Waals surface area (Å²) in [6.07, 6.45) is 2.52. The minimum atomic E-state index is -0.193. The lowest BCUT2D eigenvalue weighted by molar-refractivity contribution is -0.114. The normalized spacial score (nSPS) is 12.9. The molecule has 0 atom stereocenters. The van der Waals surface area contributed by atoms with E-state index in [1.165, 1.54) is 28.7 Å². The third-order valence-corrected chi connectivity index (χ3v) is 5.77. The Hall–Kier alpha value is -3.32. The number of carbonyl (C=O) groups is 3. The van der Waals surface area contributed by atoms with Crippen molar-refractivity contribution >= 4 is 34.2 Å². The lowest BCUT2D eigenvalue weighted by Gasteiger charge is -2.13. The molecule has 7 heteroatoms. The number of aryl methyl sites for hydroxylation is 1. The Kier molecular flexibility index (Phi) is 5.72. The zero-order chi connectivity index (χ0) is 21.1. The predicted octanol–water partition coefficient (Wildman–Crippen LogP) is 4.39. The van der Waals surface area contributed by atoms with Crippen molar-refractivity contribution in [1.29, 1.82) is 0 Å². The molecule has 0 saturated heterocycles. The van der Waals surface area contributed by atoms with E-state index < -0.39 is 0 Å². The lowest BCUT2D eigenvalue weighted by Crippen LogP contribution is -2.30. The maximum atomic E-state index is 12.4. The number of amides is 3. The van der Waals surface area contributed by atoms with Gasteiger partial charge in [0.1, 0.15) is 0 Å². The van der Waals surface area contributed by atoms with Crippen molar-refractivity contribution in [3.63, 3.8) is 0 Å². The molecule has 0 spiro atoms. The lowest BCUT2D eigenvalue weighted by atomic mass is 10.0. The quantitative estimate of drug-likeness (QED) is 0.455. The highest BCUT2D eigenvalue weighted by Crippen LogP contribution is 2.26. The largest absolute Gasteiger partial charge is 0.302 e. The minimum absolute atomic E-state index is 0.132. The Balaban J connectivity index is 1.28. The smallest absolute Gasteiger partial charge is 0.261 e. The molecule has 0 unspecified atom stereocenters. The van der Waals surface area contributed by atoms with Crippen LogP contribution in [-0.4, -0.2) is 34.2 Å². The zero-order valence-electron chi connectivity index (χ0n) is 16.6. The Labute approximate surface area is 178 Å². The van der Waals surface area contributed by atoms with Crippen LogP contribution in [0.2, 0.25) is 0 Å². The average Bonchev–Trinajstić information content (AvgIpc) is 3.29. The molecule has 4 rings (SSSR count). The Morgan fingerprint density at radius 1 is 1.00 bits per heavy atom. The van der Waals surface area contributed by atoms with Gasteiger partial charge in [-0.2, -0.15) is 0 Å². The van der Waals surface area contributed by atoms with Crippen LogP contribution in [0.1, 0.15) is 46.0 Å². The standard InChI is InChI=1S/C23H21N3O3S/c1-15(27)24-23-25-20(14-30-23)17-11-9-16(10-12-17)6-4-5-13-26-21(28)18-7-2-3-8-19(18)22(26)29/h2-3,7-12,14H,4-6,13H2,1H3,(H,24,25,27). The highest BCUT2D eigenvalue weighted by molar-refractivity contribution is 7.14. The number of aromatic nitrogens is 1. The van der Waals surface area contributed by atoms with E-state index in [1.54, 1.807) is 24.3 Å². The van der Waals surface area contributed by atoms with E-state index in [9.17, 15) is 14.4 Å². The summed E-state index contributed by atoms with van der Waals surface area (Å²) in [5, 5.41) is 5.20. The topological polar surface area (TPSA) is 79.4 Å². The van der Waals surface area contributed by atoms with Crippen LogP contribution in [-0.2, 0) is 11.2 Å². The fourth-order valence-corrected chi connectivity index (χ4v) is 4.26. The molecular formula is C23H21N3O3S. The Morgan fingerprint density at radius 3 is 2.30 bits per heavy atom. The zero-order valence-corrected chi connectivity index (χ0v) is 17.4. The number of thiazole rings is 1. The second-order valence-corrected chi connectivity index (χ2v) is 8.04. The first kappa shape index (κ1) is 20.0. The molecule has 2 heterocycles. The second-order valence-electron chi connectivity index (χ2n) is 7.18. The molecule has 3 amide bonds. The van der Waals surface area contributed by atoms with Gasteiger partial charge in [0.15, 0.2) is 5.13 Å². The summed E-state index contributed by atoms with van der Waals surface area (Å²) in [7, 11) is 0. The van der Waals surface area contributed by atoms with Crippen LogP contribution in [0.4, 0.5) is 5.13 Å². The Bertz CT molecular complexity index is 1070. The molecule has 3 aromatic rings. The van der Waals surface area contributed by atoms with Crippen LogP contribution in [0.15, 0.2) is 53.9 Å². The van der Waals surface area contributed by atoms with Gasteiger partial charge in [-0.25, -0.2) is 4.98 Å². The third-order valence-electron chi connectivity index (χ3n) is 5.01. The predicted molar refractivity (Wildman–Crippen MR) is 117 cm³/mol. The highest BCUT2D eigenvalue weighted by Gasteiger charge is 2.34. The van der Waals surface area contributed by atoms with E-state index in [4.69, 9.17) is 0 Å². The molecule has 0 saturated carbocycles. The molecule has 6 nitrogen and oxygen atoms in total. The molecule has 0 bridgehead atoms. The first-order valence-electron chi connectivity index (χ1n) is 9.80. The van der Waals surface area contributed by atoms with E-state index in [0.29, 0.717) is 22.8 Å². The van der Waals surface area contributed by atoms with Crippen LogP contribution in [0.3, 0.4) is 0 Å². The van der Waals surface area contributed by atoms with Crippen molar-refractivity contribution in [3.8, 4) is 11.3 Å². The van der Waals surface area contributed by atoms with Crippen molar-refractivity contribution in [2.75, 3.05) is 11.9 Å². The van der Waals surface area contributed by atoms with E-state index >= 15 is 0 Å². The number of anilines is 1. The van der Waals surface area contributed by atoms with Crippen molar-refractivity contribution in [2.45, 2.75) is 26.2 Å². The maximum absolute atomic E-state index is 12.4. The van der Waals surface area contributed by atoms with Crippen molar-refractivity contribution in [1.82, 2.24) is 9.88 Å². The number of imide groups is 1. The van der Waals surface area contributed by atoms with Gasteiger partial charge >= 0.3 is 0 Å². The number of unbranched alkanes of at least 4 members (excludes halogenated alkanes) is 1. The minimum Gasteiger partial charge on any atom is -0.302 e. The van der Waals surface area contributed by atoms with Gasteiger partial charge in [-0.3, -0.25) is 19.3 Å². The van der Waals surface area contributed by atoms with Crippen LogP contribution in [0.5, 0.6) is 0 Å². The first-order chi connectivity index (χ1) is 14.5. The summed E-state index contributed by atoms with van der Waals surface area (Å²) in [6, 6.07) is 15.1. The molecule has 0 radical (unpaired) electrons. The fourth-order valence-electron chi connectivity index (χ4n) is 3.50. The summed E-state index contributed by atoms with van der Waals surface area (Å²) < 4.78 is 0. The van der Waals surface area contributed by atoms with Gasteiger partial charge in [-0.1, -0.05) is 36.4 Å². The van der Waals surface area contributed by atoms with Crippen LogP contribution in [0, 0.1) is 0 Å². The monoisotopic (exact) mass is 419 g/mol. The van der Waals surface area contributed by atoms with Gasteiger partial charge in [-0.05, 0) is 37.0 Å². The number of hydrogen-bond donors (Lipinski definition) is 1. The fraction of sp³-hybridized carbons (Fsp3) is 0.217. The van der Waals surface area contributed by atoms with Crippen LogP contribution < -0.4 is 5.32 Å². The molecule has 2 aromatic carbocycles.